The average Bonchev–Trinajstić information content (AvgIpc) is 3.23. The fourth-order valence-corrected chi connectivity index (χ4v) is 7.22. The third-order valence-corrected chi connectivity index (χ3v) is 9.83. The molecule has 0 amide bonds. The lowest BCUT2D eigenvalue weighted by atomic mass is 9.93. The van der Waals surface area contributed by atoms with Crippen molar-refractivity contribution in [2.24, 2.45) is 0 Å². The molecule has 0 saturated heterocycles. The van der Waals surface area contributed by atoms with Gasteiger partial charge in [0.05, 0.1) is 33.6 Å². The summed E-state index contributed by atoms with van der Waals surface area (Å²) >= 11 is 0. The van der Waals surface area contributed by atoms with E-state index in [-0.39, 0.29) is 0 Å². The second-order valence-corrected chi connectivity index (χ2v) is 13.1. The quantitative estimate of drug-likeness (QED) is 0.172. The van der Waals surface area contributed by atoms with Crippen LogP contribution in [0.3, 0.4) is 0 Å². The highest BCUT2D eigenvalue weighted by Crippen LogP contribution is 2.38. The monoisotopic (exact) mass is 662 g/mol. The number of aromatic nitrogens is 4. The largest absolute Gasteiger partial charge is 0.245 e. The van der Waals surface area contributed by atoms with Crippen LogP contribution in [0.5, 0.6) is 0 Å². The van der Waals surface area contributed by atoms with Gasteiger partial charge in [-0.3, -0.25) is 0 Å². The minimum atomic E-state index is 0.715. The van der Waals surface area contributed by atoms with Gasteiger partial charge in [0.1, 0.15) is 0 Å². The number of fused-ring (bicyclic) bond motifs is 5. The van der Waals surface area contributed by atoms with E-state index >= 15 is 0 Å². The molecule has 0 aliphatic heterocycles. The Hall–Kier alpha value is -7.04. The minimum Gasteiger partial charge on any atom is -0.245 e. The number of rotatable bonds is 5. The predicted molar refractivity (Wildman–Crippen MR) is 215 cm³/mol. The van der Waals surface area contributed by atoms with Crippen molar-refractivity contribution in [1.82, 2.24) is 19.9 Å². The first-order chi connectivity index (χ1) is 25.7. The molecule has 0 fully saturated rings. The van der Waals surface area contributed by atoms with Crippen LogP contribution in [-0.4, -0.2) is 19.9 Å². The van der Waals surface area contributed by atoms with Gasteiger partial charge in [0.15, 0.2) is 5.82 Å². The molecule has 0 radical (unpaired) electrons. The molecule has 0 N–H and O–H groups in total. The Morgan fingerprint density at radius 2 is 0.885 bits per heavy atom. The number of hydrogen-bond acceptors (Lipinski definition) is 4. The molecule has 4 nitrogen and oxygen atoms in total. The average molecular weight is 663 g/mol. The zero-order valence-corrected chi connectivity index (χ0v) is 28.1. The molecule has 3 aromatic heterocycles. The van der Waals surface area contributed by atoms with Crippen LogP contribution in [0.25, 0.3) is 99.8 Å². The van der Waals surface area contributed by atoms with Crippen molar-refractivity contribution in [2.75, 3.05) is 0 Å². The first-order valence-corrected chi connectivity index (χ1v) is 17.5. The van der Waals surface area contributed by atoms with E-state index in [1.807, 2.05) is 42.5 Å². The third kappa shape index (κ3) is 5.26. The molecule has 4 heteroatoms. The summed E-state index contributed by atoms with van der Waals surface area (Å²) in [6.45, 7) is 0. The molecule has 0 bridgehead atoms. The van der Waals surface area contributed by atoms with Crippen LogP contribution in [-0.2, 0) is 0 Å². The molecule has 0 spiro atoms. The summed E-state index contributed by atoms with van der Waals surface area (Å²) < 4.78 is 0. The molecular formula is C48H30N4. The van der Waals surface area contributed by atoms with Crippen LogP contribution in [0.1, 0.15) is 0 Å². The first-order valence-electron chi connectivity index (χ1n) is 17.5. The summed E-state index contributed by atoms with van der Waals surface area (Å²) in [4.78, 5) is 20.6. The summed E-state index contributed by atoms with van der Waals surface area (Å²) in [5, 5.41) is 5.47. The third-order valence-electron chi connectivity index (χ3n) is 9.83. The van der Waals surface area contributed by atoms with E-state index in [1.165, 1.54) is 5.39 Å². The molecule has 0 aliphatic rings. The van der Waals surface area contributed by atoms with E-state index < -0.39 is 0 Å². The fourth-order valence-electron chi connectivity index (χ4n) is 7.22. The first kappa shape index (κ1) is 29.8. The molecule has 0 unspecified atom stereocenters. The molecule has 0 aliphatic carbocycles. The van der Waals surface area contributed by atoms with Crippen molar-refractivity contribution in [3.05, 3.63) is 182 Å². The van der Waals surface area contributed by atoms with Crippen LogP contribution < -0.4 is 0 Å². The Bertz CT molecular complexity index is 2940. The lowest BCUT2D eigenvalue weighted by Gasteiger charge is -2.14. The Balaban J connectivity index is 1.16. The van der Waals surface area contributed by atoms with Gasteiger partial charge < -0.3 is 0 Å². The smallest absolute Gasteiger partial charge is 0.160 e. The molecule has 0 atom stereocenters. The number of hydrogen-bond donors (Lipinski definition) is 0. The number of nitrogens with zero attached hydrogens (tertiary/aromatic N) is 4. The maximum absolute atomic E-state index is 5.31. The molecule has 10 aromatic rings. The summed E-state index contributed by atoms with van der Waals surface area (Å²) in [6.07, 6.45) is 0. The van der Waals surface area contributed by atoms with E-state index in [9.17, 15) is 0 Å². The lowest BCUT2D eigenvalue weighted by molar-refractivity contribution is 1.23. The van der Waals surface area contributed by atoms with Crippen molar-refractivity contribution in [3.63, 3.8) is 0 Å². The zero-order valence-electron chi connectivity index (χ0n) is 28.1. The fraction of sp³-hybridized carbons (Fsp3) is 0. The van der Waals surface area contributed by atoms with E-state index in [4.69, 9.17) is 19.9 Å². The maximum Gasteiger partial charge on any atom is 0.160 e. The zero-order chi connectivity index (χ0) is 34.4. The summed E-state index contributed by atoms with van der Waals surface area (Å²) in [5.41, 5.74) is 11.9. The Kier molecular flexibility index (Phi) is 7.10. The second kappa shape index (κ2) is 12.4. The highest BCUT2D eigenvalue weighted by molar-refractivity contribution is 6.06. The minimum absolute atomic E-state index is 0.715. The molecule has 0 saturated carbocycles. The Labute approximate surface area is 300 Å². The van der Waals surface area contributed by atoms with Crippen LogP contribution in [0, 0.1) is 0 Å². The van der Waals surface area contributed by atoms with Crippen LogP contribution in [0.2, 0.25) is 0 Å². The molecular weight excluding hydrogens is 633 g/mol. The Morgan fingerprint density at radius 3 is 1.58 bits per heavy atom. The SMILES string of the molecule is c1ccc(-c2ccc3ccc4ccc(-c5cc(-c6ccc7nc(-c8ccccc8)nc(-c8ccccc8)c7c6)c6ccccc6c5)nc4c3n2)cc1. The highest BCUT2D eigenvalue weighted by Gasteiger charge is 2.16. The highest BCUT2D eigenvalue weighted by atomic mass is 14.9. The Morgan fingerprint density at radius 1 is 0.308 bits per heavy atom. The van der Waals surface area contributed by atoms with Crippen LogP contribution >= 0.6 is 0 Å². The van der Waals surface area contributed by atoms with Gasteiger partial charge in [-0.1, -0.05) is 146 Å². The van der Waals surface area contributed by atoms with Crippen molar-refractivity contribution in [2.45, 2.75) is 0 Å². The standard InChI is InChI=1S/C48H30N4/c1-4-12-31(13-5-1)42-25-22-33-20-21-34-23-26-43(50-47(34)46(33)49-42)38-28-36-18-10-11-19-39(36)40(30-38)37-24-27-44-41(29-37)45(32-14-6-2-7-15-32)52-48(51-44)35-16-8-3-9-17-35/h1-30H. The van der Waals surface area contributed by atoms with Gasteiger partial charge >= 0.3 is 0 Å². The molecule has 7 aromatic carbocycles. The molecule has 10 rings (SSSR count). The van der Waals surface area contributed by atoms with Gasteiger partial charge in [0.2, 0.25) is 0 Å². The maximum atomic E-state index is 5.31. The normalized spacial score (nSPS) is 11.5. The van der Waals surface area contributed by atoms with Crippen LogP contribution in [0.15, 0.2) is 182 Å². The van der Waals surface area contributed by atoms with Crippen LogP contribution in [0.4, 0.5) is 0 Å². The van der Waals surface area contributed by atoms with E-state index in [2.05, 4.69) is 140 Å². The molecule has 242 valence electrons. The van der Waals surface area contributed by atoms with Gasteiger partial charge in [0.25, 0.3) is 0 Å². The predicted octanol–water partition coefficient (Wildman–Crippen LogP) is 12.2. The van der Waals surface area contributed by atoms with Gasteiger partial charge in [-0.05, 0) is 58.3 Å². The summed E-state index contributed by atoms with van der Waals surface area (Å²) in [7, 11) is 0. The summed E-state index contributed by atoms with van der Waals surface area (Å²) in [5.74, 6) is 0.715. The van der Waals surface area contributed by atoms with Crippen molar-refractivity contribution < 1.29 is 0 Å². The second-order valence-electron chi connectivity index (χ2n) is 13.1. The van der Waals surface area contributed by atoms with Gasteiger partial charge in [-0.15, -0.1) is 0 Å². The van der Waals surface area contributed by atoms with Gasteiger partial charge in [-0.25, -0.2) is 19.9 Å². The van der Waals surface area contributed by atoms with Gasteiger partial charge in [-0.2, -0.15) is 0 Å². The molecule has 3 heterocycles. The van der Waals surface area contributed by atoms with E-state index in [0.29, 0.717) is 5.82 Å². The number of benzene rings is 7. The van der Waals surface area contributed by atoms with E-state index in [0.717, 1.165) is 88.6 Å². The topological polar surface area (TPSA) is 51.6 Å². The van der Waals surface area contributed by atoms with Crippen molar-refractivity contribution in [1.29, 1.82) is 0 Å². The van der Waals surface area contributed by atoms with Crippen molar-refractivity contribution in [3.8, 4) is 56.3 Å². The van der Waals surface area contributed by atoms with Gasteiger partial charge in [0, 0.05) is 38.4 Å². The lowest BCUT2D eigenvalue weighted by Crippen LogP contribution is -1.96. The summed E-state index contributed by atoms with van der Waals surface area (Å²) in [6, 6.07) is 63.3. The molecule has 52 heavy (non-hydrogen) atoms. The van der Waals surface area contributed by atoms with Crippen molar-refractivity contribution >= 4 is 43.5 Å². The number of pyridine rings is 2. The van der Waals surface area contributed by atoms with E-state index in [1.54, 1.807) is 0 Å².